The fourth-order valence-corrected chi connectivity index (χ4v) is 4.50. The standard InChI is InChI=1S/C21H19N3O4S/c1-13-7-8-16-17(11-13)29-21(23(16)9-10-28-2)22-18(25)12-24-19(26)14-5-3-4-6-15(14)20(24)27/h3-8,11H,9-10,12H2,1-2H3. The molecule has 3 aromatic rings. The molecule has 2 heterocycles. The van der Waals surface area contributed by atoms with E-state index in [1.165, 1.54) is 11.3 Å². The van der Waals surface area contributed by atoms with Crippen molar-refractivity contribution in [2.45, 2.75) is 13.5 Å². The molecule has 0 fully saturated rings. The van der Waals surface area contributed by atoms with E-state index in [4.69, 9.17) is 4.74 Å². The molecule has 1 aliphatic rings. The number of amides is 3. The van der Waals surface area contributed by atoms with Crippen LogP contribution >= 0.6 is 11.3 Å². The molecule has 0 unspecified atom stereocenters. The van der Waals surface area contributed by atoms with Crippen molar-refractivity contribution in [1.29, 1.82) is 0 Å². The van der Waals surface area contributed by atoms with Crippen molar-refractivity contribution < 1.29 is 19.1 Å². The fourth-order valence-electron chi connectivity index (χ4n) is 3.32. The Hall–Kier alpha value is -3.10. The number of hydrogen-bond donors (Lipinski definition) is 0. The normalized spacial score (nSPS) is 14.1. The van der Waals surface area contributed by atoms with E-state index in [-0.39, 0.29) is 6.54 Å². The first kappa shape index (κ1) is 19.2. The molecule has 0 aliphatic carbocycles. The summed E-state index contributed by atoms with van der Waals surface area (Å²) in [7, 11) is 1.61. The van der Waals surface area contributed by atoms with E-state index in [2.05, 4.69) is 4.99 Å². The highest BCUT2D eigenvalue weighted by Crippen LogP contribution is 2.22. The molecule has 0 atom stereocenters. The minimum Gasteiger partial charge on any atom is -0.383 e. The molecule has 29 heavy (non-hydrogen) atoms. The number of hydrogen-bond acceptors (Lipinski definition) is 5. The minimum atomic E-state index is -0.547. The predicted molar refractivity (Wildman–Crippen MR) is 109 cm³/mol. The van der Waals surface area contributed by atoms with Gasteiger partial charge >= 0.3 is 0 Å². The summed E-state index contributed by atoms with van der Waals surface area (Å²) in [6, 6.07) is 12.6. The van der Waals surface area contributed by atoms with Gasteiger partial charge in [0, 0.05) is 13.7 Å². The van der Waals surface area contributed by atoms with Crippen LogP contribution in [-0.4, -0.2) is 47.4 Å². The largest absolute Gasteiger partial charge is 0.383 e. The van der Waals surface area contributed by atoms with Crippen LogP contribution < -0.4 is 4.80 Å². The maximum Gasteiger partial charge on any atom is 0.268 e. The molecule has 0 radical (unpaired) electrons. The molecule has 2 aromatic carbocycles. The highest BCUT2D eigenvalue weighted by atomic mass is 32.1. The molecule has 0 bridgehead atoms. The molecule has 1 aromatic heterocycles. The predicted octanol–water partition coefficient (Wildman–Crippen LogP) is 2.38. The monoisotopic (exact) mass is 409 g/mol. The lowest BCUT2D eigenvalue weighted by Crippen LogP contribution is -2.35. The summed E-state index contributed by atoms with van der Waals surface area (Å²) in [5.41, 5.74) is 2.71. The van der Waals surface area contributed by atoms with Crippen LogP contribution in [-0.2, 0) is 16.1 Å². The lowest BCUT2D eigenvalue weighted by Gasteiger charge is -2.10. The van der Waals surface area contributed by atoms with Crippen LogP contribution in [0.25, 0.3) is 10.2 Å². The average molecular weight is 409 g/mol. The Bertz CT molecular complexity index is 1170. The Morgan fingerprint density at radius 2 is 1.79 bits per heavy atom. The molecule has 1 aliphatic heterocycles. The number of fused-ring (bicyclic) bond motifs is 2. The van der Waals surface area contributed by atoms with Gasteiger partial charge in [-0.1, -0.05) is 29.5 Å². The van der Waals surface area contributed by atoms with Gasteiger partial charge in [-0.3, -0.25) is 19.3 Å². The van der Waals surface area contributed by atoms with Crippen LogP contribution in [0.5, 0.6) is 0 Å². The molecular formula is C21H19N3O4S. The van der Waals surface area contributed by atoms with Crippen LogP contribution in [0.1, 0.15) is 26.3 Å². The second-order valence-electron chi connectivity index (χ2n) is 6.75. The van der Waals surface area contributed by atoms with E-state index in [0.717, 1.165) is 20.7 Å². The van der Waals surface area contributed by atoms with Crippen LogP contribution in [0.4, 0.5) is 0 Å². The van der Waals surface area contributed by atoms with Gasteiger partial charge in [0.25, 0.3) is 17.7 Å². The Balaban J connectivity index is 1.66. The number of benzene rings is 2. The maximum absolute atomic E-state index is 12.6. The second kappa shape index (κ2) is 7.73. The van der Waals surface area contributed by atoms with Crippen LogP contribution in [0.3, 0.4) is 0 Å². The highest BCUT2D eigenvalue weighted by Gasteiger charge is 2.36. The smallest absolute Gasteiger partial charge is 0.268 e. The molecular weight excluding hydrogens is 390 g/mol. The average Bonchev–Trinajstić information content (AvgIpc) is 3.16. The molecule has 0 spiro atoms. The molecule has 0 saturated heterocycles. The van der Waals surface area contributed by atoms with Crippen molar-refractivity contribution in [3.05, 3.63) is 64.0 Å². The third kappa shape index (κ3) is 3.52. The van der Waals surface area contributed by atoms with Crippen molar-refractivity contribution in [1.82, 2.24) is 9.47 Å². The summed E-state index contributed by atoms with van der Waals surface area (Å²) in [6.07, 6.45) is 0. The first-order valence-corrected chi connectivity index (χ1v) is 9.93. The first-order chi connectivity index (χ1) is 14.0. The van der Waals surface area contributed by atoms with E-state index < -0.39 is 17.7 Å². The second-order valence-corrected chi connectivity index (χ2v) is 7.76. The topological polar surface area (TPSA) is 81.0 Å². The lowest BCUT2D eigenvalue weighted by atomic mass is 10.1. The summed E-state index contributed by atoms with van der Waals surface area (Å²) >= 11 is 1.40. The fraction of sp³-hybridized carbons (Fsp3) is 0.238. The van der Waals surface area contributed by atoms with Gasteiger partial charge < -0.3 is 9.30 Å². The van der Waals surface area contributed by atoms with E-state index in [1.54, 1.807) is 31.4 Å². The third-order valence-electron chi connectivity index (χ3n) is 4.75. The first-order valence-electron chi connectivity index (χ1n) is 9.11. The van der Waals surface area contributed by atoms with Crippen molar-refractivity contribution >= 4 is 39.3 Å². The van der Waals surface area contributed by atoms with Crippen molar-refractivity contribution in [2.75, 3.05) is 20.3 Å². The quantitative estimate of drug-likeness (QED) is 0.606. The van der Waals surface area contributed by atoms with E-state index in [1.807, 2.05) is 29.7 Å². The van der Waals surface area contributed by atoms with Gasteiger partial charge in [0.15, 0.2) is 4.80 Å². The Morgan fingerprint density at radius 3 is 2.45 bits per heavy atom. The summed E-state index contributed by atoms with van der Waals surface area (Å²) < 4.78 is 8.11. The number of methoxy groups -OCH3 is 1. The number of rotatable bonds is 5. The SMILES string of the molecule is COCCn1c(=NC(=O)CN2C(=O)c3ccccc3C2=O)sc2cc(C)ccc21. The van der Waals surface area contributed by atoms with E-state index >= 15 is 0 Å². The van der Waals surface area contributed by atoms with E-state index in [0.29, 0.717) is 29.1 Å². The molecule has 0 saturated carbocycles. The Kier molecular flexibility index (Phi) is 5.12. The molecule has 7 nitrogen and oxygen atoms in total. The summed E-state index contributed by atoms with van der Waals surface area (Å²) in [5.74, 6) is -1.48. The zero-order chi connectivity index (χ0) is 20.5. The van der Waals surface area contributed by atoms with Gasteiger partial charge in [-0.25, -0.2) is 0 Å². The van der Waals surface area contributed by atoms with Crippen molar-refractivity contribution in [3.63, 3.8) is 0 Å². The molecule has 4 rings (SSSR count). The van der Waals surface area contributed by atoms with Gasteiger partial charge in [0.05, 0.1) is 28.0 Å². The highest BCUT2D eigenvalue weighted by molar-refractivity contribution is 7.16. The van der Waals surface area contributed by atoms with Gasteiger partial charge in [0.2, 0.25) is 0 Å². The number of carbonyl (C=O) groups excluding carboxylic acids is 3. The number of imide groups is 1. The summed E-state index contributed by atoms with van der Waals surface area (Å²) in [5, 5.41) is 0. The third-order valence-corrected chi connectivity index (χ3v) is 5.79. The lowest BCUT2D eigenvalue weighted by molar-refractivity contribution is -0.118. The number of aromatic nitrogens is 1. The van der Waals surface area contributed by atoms with Crippen LogP contribution in [0.15, 0.2) is 47.5 Å². The number of carbonyl (C=O) groups is 3. The molecule has 8 heteroatoms. The van der Waals surface area contributed by atoms with Crippen molar-refractivity contribution in [2.24, 2.45) is 4.99 Å². The molecule has 148 valence electrons. The van der Waals surface area contributed by atoms with Gasteiger partial charge in [0.1, 0.15) is 6.54 Å². The number of ether oxygens (including phenoxy) is 1. The zero-order valence-corrected chi connectivity index (χ0v) is 16.9. The van der Waals surface area contributed by atoms with Gasteiger partial charge in [-0.2, -0.15) is 4.99 Å². The summed E-state index contributed by atoms with van der Waals surface area (Å²) in [6.45, 7) is 2.63. The van der Waals surface area contributed by atoms with E-state index in [9.17, 15) is 14.4 Å². The van der Waals surface area contributed by atoms with Crippen molar-refractivity contribution in [3.8, 4) is 0 Å². The van der Waals surface area contributed by atoms with Gasteiger partial charge in [-0.15, -0.1) is 0 Å². The Labute approximate surface area is 170 Å². The summed E-state index contributed by atoms with van der Waals surface area (Å²) in [4.78, 5) is 43.3. The maximum atomic E-state index is 12.6. The number of nitrogens with zero attached hydrogens (tertiary/aromatic N) is 3. The Morgan fingerprint density at radius 1 is 1.10 bits per heavy atom. The minimum absolute atomic E-state index is 0.317. The zero-order valence-electron chi connectivity index (χ0n) is 16.0. The number of aryl methyl sites for hydroxylation is 1. The van der Waals surface area contributed by atoms with Gasteiger partial charge in [-0.05, 0) is 36.8 Å². The van der Waals surface area contributed by atoms with Crippen LogP contribution in [0, 0.1) is 6.92 Å². The number of thiazole rings is 1. The molecule has 0 N–H and O–H groups in total. The van der Waals surface area contributed by atoms with Crippen LogP contribution in [0.2, 0.25) is 0 Å². The molecule has 3 amide bonds.